The minimum atomic E-state index is -0.341. The van der Waals surface area contributed by atoms with Crippen LogP contribution in [-0.4, -0.2) is 26.1 Å². The van der Waals surface area contributed by atoms with Gasteiger partial charge in [0.25, 0.3) is 5.91 Å². The Balaban J connectivity index is 1.75. The number of nitrogens with one attached hydrogen (secondary N) is 2. The van der Waals surface area contributed by atoms with E-state index in [2.05, 4.69) is 25.5 Å². The molecule has 0 spiro atoms. The molecule has 24 heavy (non-hydrogen) atoms. The summed E-state index contributed by atoms with van der Waals surface area (Å²) in [7, 11) is 0. The predicted octanol–water partition coefficient (Wildman–Crippen LogP) is 3.23. The van der Waals surface area contributed by atoms with E-state index in [1.165, 1.54) is 0 Å². The van der Waals surface area contributed by atoms with Crippen LogP contribution in [0.15, 0.2) is 17.6 Å². The van der Waals surface area contributed by atoms with Crippen LogP contribution >= 0.6 is 11.3 Å². The van der Waals surface area contributed by atoms with Crippen LogP contribution in [0.5, 0.6) is 0 Å². The van der Waals surface area contributed by atoms with Gasteiger partial charge in [-0.2, -0.15) is 5.10 Å². The number of hydrogen-bond donors (Lipinski definition) is 2. The van der Waals surface area contributed by atoms with Crippen LogP contribution in [0.2, 0.25) is 0 Å². The largest absolute Gasteiger partial charge is 0.340 e. The molecule has 2 N–H and O–H groups in total. The fourth-order valence-corrected chi connectivity index (χ4v) is 4.45. The molecule has 3 aromatic heterocycles. The molecule has 0 bridgehead atoms. The second-order valence-corrected chi connectivity index (χ2v) is 7.33. The molecule has 124 valence electrons. The zero-order valence-electron chi connectivity index (χ0n) is 13.7. The van der Waals surface area contributed by atoms with Gasteiger partial charge >= 0.3 is 0 Å². The Kier molecular flexibility index (Phi) is 3.60. The molecule has 3 heterocycles. The first-order valence-corrected chi connectivity index (χ1v) is 9.02. The minimum absolute atomic E-state index is 0.0768. The molecular formula is C17H19N5OS. The van der Waals surface area contributed by atoms with Gasteiger partial charge in [-0.15, -0.1) is 11.3 Å². The molecule has 1 fully saturated rings. The smallest absolute Gasteiger partial charge is 0.252 e. The monoisotopic (exact) mass is 341 g/mol. The van der Waals surface area contributed by atoms with Crippen molar-refractivity contribution in [2.24, 2.45) is 0 Å². The topological polar surface area (TPSA) is 83.6 Å². The molecule has 1 saturated carbocycles. The summed E-state index contributed by atoms with van der Waals surface area (Å²) < 4.78 is 0. The number of hydrogen-bond acceptors (Lipinski definition) is 5. The fourth-order valence-electron chi connectivity index (χ4n) is 3.59. The van der Waals surface area contributed by atoms with E-state index in [-0.39, 0.29) is 11.4 Å². The number of nitrogens with zero attached hydrogens (tertiary/aromatic N) is 3. The third-order valence-corrected chi connectivity index (χ3v) is 5.71. The third-order valence-electron chi connectivity index (χ3n) is 4.73. The van der Waals surface area contributed by atoms with Crippen molar-refractivity contribution >= 4 is 28.3 Å². The zero-order chi connectivity index (χ0) is 16.7. The summed E-state index contributed by atoms with van der Waals surface area (Å²) in [5.41, 5.74) is 2.53. The molecule has 1 aliphatic carbocycles. The Morgan fingerprint density at radius 2 is 2.12 bits per heavy atom. The summed E-state index contributed by atoms with van der Waals surface area (Å²) in [6.07, 6.45) is 5.89. The van der Waals surface area contributed by atoms with Gasteiger partial charge in [-0.3, -0.25) is 9.89 Å². The number of pyridine rings is 1. The van der Waals surface area contributed by atoms with Crippen molar-refractivity contribution in [1.82, 2.24) is 25.5 Å². The van der Waals surface area contributed by atoms with Crippen molar-refractivity contribution in [3.8, 4) is 0 Å². The van der Waals surface area contributed by atoms with Crippen LogP contribution in [-0.2, 0) is 5.54 Å². The first kappa shape index (κ1) is 15.3. The lowest BCUT2D eigenvalue weighted by Gasteiger charge is -2.28. The number of aryl methyl sites for hydroxylation is 2. The number of carbonyl (C=O) groups excluding carboxylic acids is 1. The number of thiazole rings is 1. The standard InChI is InChI=1S/C17H19N5OS/c1-10-9-12(13-11(2)21-22-14(13)19-10)15(23)20-17(5-3-4-6-17)16-18-7-8-24-16/h7-9H,3-6H2,1-2H3,(H,20,23)(H,19,21,22). The first-order valence-electron chi connectivity index (χ1n) is 8.14. The number of H-pyrrole nitrogens is 1. The van der Waals surface area contributed by atoms with Crippen molar-refractivity contribution in [3.05, 3.63) is 39.6 Å². The van der Waals surface area contributed by atoms with E-state index in [0.717, 1.165) is 47.5 Å². The zero-order valence-corrected chi connectivity index (χ0v) is 14.5. The maximum atomic E-state index is 13.1. The minimum Gasteiger partial charge on any atom is -0.340 e. The van der Waals surface area contributed by atoms with Gasteiger partial charge in [-0.1, -0.05) is 12.8 Å². The van der Waals surface area contributed by atoms with Gasteiger partial charge in [-0.25, -0.2) is 9.97 Å². The van der Waals surface area contributed by atoms with E-state index in [9.17, 15) is 4.79 Å². The SMILES string of the molecule is Cc1cc(C(=O)NC2(c3nccs3)CCCC2)c2c(C)[nH]nc2n1. The first-order chi connectivity index (χ1) is 11.6. The van der Waals surface area contributed by atoms with E-state index >= 15 is 0 Å². The Hall–Kier alpha value is -2.28. The lowest BCUT2D eigenvalue weighted by atomic mass is 9.97. The van der Waals surface area contributed by atoms with Crippen molar-refractivity contribution in [2.45, 2.75) is 45.1 Å². The third kappa shape index (κ3) is 2.39. The molecule has 0 saturated heterocycles. The molecule has 4 rings (SSSR count). The van der Waals surface area contributed by atoms with E-state index < -0.39 is 0 Å². The lowest BCUT2D eigenvalue weighted by molar-refractivity contribution is 0.0899. The average molecular weight is 341 g/mol. The molecule has 0 unspecified atom stereocenters. The Labute approximate surface area is 143 Å². The summed E-state index contributed by atoms with van der Waals surface area (Å²) in [6.45, 7) is 3.79. The molecule has 3 aromatic rings. The average Bonchev–Trinajstić information content (AvgIpc) is 3.28. The normalized spacial score (nSPS) is 16.6. The van der Waals surface area contributed by atoms with E-state index in [1.54, 1.807) is 17.5 Å². The van der Waals surface area contributed by atoms with Crippen molar-refractivity contribution in [1.29, 1.82) is 0 Å². The number of fused-ring (bicyclic) bond motifs is 1. The van der Waals surface area contributed by atoms with Crippen LogP contribution in [0.1, 0.15) is 52.4 Å². The van der Waals surface area contributed by atoms with Gasteiger partial charge < -0.3 is 5.32 Å². The number of amides is 1. The molecule has 1 aliphatic rings. The second kappa shape index (κ2) is 5.66. The summed E-state index contributed by atoms with van der Waals surface area (Å²) in [5, 5.41) is 14.2. The molecule has 0 radical (unpaired) electrons. The Bertz CT molecular complexity index is 893. The van der Waals surface area contributed by atoms with Gasteiger partial charge in [0, 0.05) is 23.0 Å². The predicted molar refractivity (Wildman–Crippen MR) is 93.1 cm³/mol. The highest BCUT2D eigenvalue weighted by molar-refractivity contribution is 7.09. The van der Waals surface area contributed by atoms with E-state index in [1.807, 2.05) is 25.3 Å². The second-order valence-electron chi connectivity index (χ2n) is 6.44. The molecule has 0 aromatic carbocycles. The van der Waals surface area contributed by atoms with Gasteiger partial charge in [0.05, 0.1) is 16.5 Å². The van der Waals surface area contributed by atoms with Crippen molar-refractivity contribution in [2.75, 3.05) is 0 Å². The maximum Gasteiger partial charge on any atom is 0.252 e. The fraction of sp³-hybridized carbons (Fsp3) is 0.412. The molecule has 0 atom stereocenters. The number of carbonyl (C=O) groups is 1. The number of aromatic nitrogens is 4. The summed E-state index contributed by atoms with van der Waals surface area (Å²) in [4.78, 5) is 22.0. The van der Waals surface area contributed by atoms with E-state index in [4.69, 9.17) is 0 Å². The van der Waals surface area contributed by atoms with Crippen LogP contribution in [0, 0.1) is 13.8 Å². The van der Waals surface area contributed by atoms with Gasteiger partial charge in [0.1, 0.15) is 5.01 Å². The van der Waals surface area contributed by atoms with Crippen molar-refractivity contribution < 1.29 is 4.79 Å². The molecule has 1 amide bonds. The molecular weight excluding hydrogens is 322 g/mol. The van der Waals surface area contributed by atoms with Crippen LogP contribution in [0.4, 0.5) is 0 Å². The van der Waals surface area contributed by atoms with Gasteiger partial charge in [0.15, 0.2) is 5.65 Å². The van der Waals surface area contributed by atoms with Crippen molar-refractivity contribution in [3.63, 3.8) is 0 Å². The quantitative estimate of drug-likeness (QED) is 0.766. The summed E-state index contributed by atoms with van der Waals surface area (Å²) >= 11 is 1.61. The van der Waals surface area contributed by atoms with E-state index in [0.29, 0.717) is 11.2 Å². The van der Waals surface area contributed by atoms with Crippen LogP contribution < -0.4 is 5.32 Å². The Morgan fingerprint density at radius 3 is 2.83 bits per heavy atom. The lowest BCUT2D eigenvalue weighted by Crippen LogP contribution is -2.43. The molecule has 6 nitrogen and oxygen atoms in total. The van der Waals surface area contributed by atoms with Gasteiger partial charge in [0.2, 0.25) is 0 Å². The molecule has 0 aliphatic heterocycles. The summed E-state index contributed by atoms with van der Waals surface area (Å²) in [5.74, 6) is -0.0768. The van der Waals surface area contributed by atoms with Gasteiger partial charge in [-0.05, 0) is 32.8 Å². The number of rotatable bonds is 3. The maximum absolute atomic E-state index is 13.1. The molecule has 7 heteroatoms. The highest BCUT2D eigenvalue weighted by Gasteiger charge is 2.39. The Morgan fingerprint density at radius 1 is 1.33 bits per heavy atom. The number of aromatic amines is 1. The highest BCUT2D eigenvalue weighted by Crippen LogP contribution is 2.40. The summed E-state index contributed by atoms with van der Waals surface area (Å²) in [6, 6.07) is 1.84. The van der Waals surface area contributed by atoms with Crippen LogP contribution in [0.25, 0.3) is 11.0 Å². The van der Waals surface area contributed by atoms with Crippen LogP contribution in [0.3, 0.4) is 0 Å². The highest BCUT2D eigenvalue weighted by atomic mass is 32.1.